The molecule has 0 unspecified atom stereocenters. The van der Waals surface area contributed by atoms with Gasteiger partial charge < -0.3 is 25.0 Å². The van der Waals surface area contributed by atoms with Crippen molar-refractivity contribution in [2.45, 2.75) is 51.4 Å². The van der Waals surface area contributed by atoms with E-state index in [0.29, 0.717) is 25.6 Å². The van der Waals surface area contributed by atoms with Crippen molar-refractivity contribution in [2.24, 2.45) is 5.92 Å². The molecule has 1 aromatic rings. The molecule has 6 heteroatoms. The molecule has 0 aromatic heterocycles. The molecule has 0 bridgehead atoms. The lowest BCUT2D eigenvalue weighted by molar-refractivity contribution is 0.0506. The SMILES string of the molecule is CCOc1ccc(C2(CNC(=O)NC[C@H](C)CN3CCCCC3)CCOCC2)cc1. The topological polar surface area (TPSA) is 62.8 Å². The van der Waals surface area contributed by atoms with E-state index < -0.39 is 0 Å². The highest BCUT2D eigenvalue weighted by atomic mass is 16.5. The number of ether oxygens (including phenoxy) is 2. The van der Waals surface area contributed by atoms with Crippen LogP contribution in [-0.2, 0) is 10.2 Å². The molecule has 0 aliphatic carbocycles. The van der Waals surface area contributed by atoms with Gasteiger partial charge >= 0.3 is 6.03 Å². The summed E-state index contributed by atoms with van der Waals surface area (Å²) in [7, 11) is 0. The number of likely N-dealkylation sites (tertiary alicyclic amines) is 1. The second kappa shape index (κ2) is 11.6. The molecule has 6 nitrogen and oxygen atoms in total. The van der Waals surface area contributed by atoms with Crippen molar-refractivity contribution in [3.63, 3.8) is 0 Å². The Bertz CT molecular complexity index is 638. The minimum absolute atomic E-state index is 0.0719. The predicted molar refractivity (Wildman–Crippen MR) is 120 cm³/mol. The van der Waals surface area contributed by atoms with Gasteiger partial charge in [0.25, 0.3) is 0 Å². The van der Waals surface area contributed by atoms with E-state index in [9.17, 15) is 4.79 Å². The van der Waals surface area contributed by atoms with Gasteiger partial charge in [0.05, 0.1) is 6.61 Å². The molecule has 1 aromatic carbocycles. The van der Waals surface area contributed by atoms with Crippen molar-refractivity contribution in [1.29, 1.82) is 0 Å². The first-order valence-corrected chi connectivity index (χ1v) is 11.7. The molecular weight excluding hydrogens is 378 g/mol. The van der Waals surface area contributed by atoms with Crippen molar-refractivity contribution < 1.29 is 14.3 Å². The third-order valence-electron chi connectivity index (χ3n) is 6.44. The minimum Gasteiger partial charge on any atom is -0.494 e. The van der Waals surface area contributed by atoms with Gasteiger partial charge in [0.2, 0.25) is 0 Å². The van der Waals surface area contributed by atoms with Crippen LogP contribution >= 0.6 is 0 Å². The highest BCUT2D eigenvalue weighted by molar-refractivity contribution is 5.74. The zero-order chi connectivity index (χ0) is 21.2. The second-order valence-corrected chi connectivity index (χ2v) is 8.88. The van der Waals surface area contributed by atoms with Crippen LogP contribution < -0.4 is 15.4 Å². The molecule has 0 saturated carbocycles. The Morgan fingerprint density at radius 3 is 2.50 bits per heavy atom. The molecule has 0 spiro atoms. The summed E-state index contributed by atoms with van der Waals surface area (Å²) in [5, 5.41) is 6.22. The van der Waals surface area contributed by atoms with E-state index in [1.807, 2.05) is 19.1 Å². The Hall–Kier alpha value is -1.79. The van der Waals surface area contributed by atoms with Crippen LogP contribution in [0.2, 0.25) is 0 Å². The van der Waals surface area contributed by atoms with Crippen LogP contribution in [0.1, 0.15) is 51.5 Å². The van der Waals surface area contributed by atoms with Gasteiger partial charge in [-0.25, -0.2) is 4.79 Å². The summed E-state index contributed by atoms with van der Waals surface area (Å²) in [5.41, 5.74) is 1.16. The van der Waals surface area contributed by atoms with E-state index in [1.54, 1.807) is 0 Å². The highest BCUT2D eigenvalue weighted by Gasteiger charge is 2.35. The molecule has 2 saturated heterocycles. The Morgan fingerprint density at radius 1 is 1.13 bits per heavy atom. The van der Waals surface area contributed by atoms with Gasteiger partial charge in [-0.05, 0) is 69.3 Å². The van der Waals surface area contributed by atoms with E-state index >= 15 is 0 Å². The van der Waals surface area contributed by atoms with Crippen LogP contribution in [0.4, 0.5) is 4.79 Å². The van der Waals surface area contributed by atoms with Crippen LogP contribution in [0.3, 0.4) is 0 Å². The average molecular weight is 418 g/mol. The number of urea groups is 1. The van der Waals surface area contributed by atoms with Crippen molar-refractivity contribution in [1.82, 2.24) is 15.5 Å². The zero-order valence-corrected chi connectivity index (χ0v) is 18.8. The summed E-state index contributed by atoms with van der Waals surface area (Å²) in [6.07, 6.45) is 5.78. The van der Waals surface area contributed by atoms with Crippen molar-refractivity contribution >= 4 is 6.03 Å². The fraction of sp³-hybridized carbons (Fsp3) is 0.708. The lowest BCUT2D eigenvalue weighted by Crippen LogP contribution is -2.48. The molecular formula is C24H39N3O3. The van der Waals surface area contributed by atoms with E-state index in [2.05, 4.69) is 34.6 Å². The van der Waals surface area contributed by atoms with Gasteiger partial charge in [0.15, 0.2) is 0 Å². The molecule has 0 radical (unpaired) electrons. The summed E-state index contributed by atoms with van der Waals surface area (Å²) in [6.45, 7) is 11.1. The van der Waals surface area contributed by atoms with E-state index in [-0.39, 0.29) is 11.4 Å². The number of hydrogen-bond acceptors (Lipinski definition) is 4. The third-order valence-corrected chi connectivity index (χ3v) is 6.44. The number of carbonyl (C=O) groups is 1. The maximum absolute atomic E-state index is 12.5. The number of carbonyl (C=O) groups excluding carboxylic acids is 1. The van der Waals surface area contributed by atoms with Crippen LogP contribution in [0.15, 0.2) is 24.3 Å². The van der Waals surface area contributed by atoms with Gasteiger partial charge in [-0.1, -0.05) is 25.5 Å². The zero-order valence-electron chi connectivity index (χ0n) is 18.8. The number of nitrogens with one attached hydrogen (secondary N) is 2. The first-order chi connectivity index (χ1) is 14.6. The summed E-state index contributed by atoms with van der Waals surface area (Å²) in [4.78, 5) is 15.0. The first kappa shape index (κ1) is 22.9. The molecule has 1 atom stereocenters. The lowest BCUT2D eigenvalue weighted by atomic mass is 9.74. The molecule has 3 rings (SSSR count). The standard InChI is InChI=1S/C24H39N3O3/c1-3-30-22-9-7-21(8-10-22)24(11-15-29-16-12-24)19-26-23(28)25-17-20(2)18-27-13-5-4-6-14-27/h7-10,20H,3-6,11-19H2,1-2H3,(H2,25,26,28)/t20-/m0/s1. The van der Waals surface area contributed by atoms with E-state index in [1.165, 1.54) is 37.9 Å². The number of amides is 2. The largest absolute Gasteiger partial charge is 0.494 e. The summed E-state index contributed by atoms with van der Waals surface area (Å²) < 4.78 is 11.2. The van der Waals surface area contributed by atoms with Gasteiger partial charge in [-0.3, -0.25) is 0 Å². The Morgan fingerprint density at radius 2 is 1.83 bits per heavy atom. The third kappa shape index (κ3) is 6.61. The molecule has 2 aliphatic heterocycles. The number of piperidine rings is 1. The maximum atomic E-state index is 12.5. The molecule has 2 N–H and O–H groups in total. The fourth-order valence-electron chi connectivity index (χ4n) is 4.63. The molecule has 30 heavy (non-hydrogen) atoms. The van der Waals surface area contributed by atoms with Crippen LogP contribution in [0.5, 0.6) is 5.75 Å². The highest BCUT2D eigenvalue weighted by Crippen LogP contribution is 2.35. The second-order valence-electron chi connectivity index (χ2n) is 8.88. The van der Waals surface area contributed by atoms with Crippen molar-refractivity contribution in [3.05, 3.63) is 29.8 Å². The summed E-state index contributed by atoms with van der Waals surface area (Å²) in [5.74, 6) is 1.34. The molecule has 2 aliphatic rings. The van der Waals surface area contributed by atoms with E-state index in [4.69, 9.17) is 9.47 Å². The smallest absolute Gasteiger partial charge is 0.314 e. The lowest BCUT2D eigenvalue weighted by Gasteiger charge is -2.38. The van der Waals surface area contributed by atoms with Gasteiger partial charge in [0.1, 0.15) is 5.75 Å². The monoisotopic (exact) mass is 417 g/mol. The number of hydrogen-bond donors (Lipinski definition) is 2. The number of rotatable bonds is 9. The fourth-order valence-corrected chi connectivity index (χ4v) is 4.63. The predicted octanol–water partition coefficient (Wildman–Crippen LogP) is 3.55. The molecule has 2 heterocycles. The normalized spacial score (nSPS) is 20.3. The Balaban J connectivity index is 1.49. The molecule has 2 fully saturated rings. The maximum Gasteiger partial charge on any atom is 0.314 e. The number of benzene rings is 1. The Labute approximate surface area is 181 Å². The summed E-state index contributed by atoms with van der Waals surface area (Å²) in [6, 6.07) is 8.25. The molecule has 2 amide bonds. The van der Waals surface area contributed by atoms with Gasteiger partial charge in [-0.2, -0.15) is 0 Å². The van der Waals surface area contributed by atoms with Gasteiger partial charge in [0, 0.05) is 38.3 Å². The molecule has 168 valence electrons. The first-order valence-electron chi connectivity index (χ1n) is 11.7. The summed E-state index contributed by atoms with van der Waals surface area (Å²) >= 11 is 0. The van der Waals surface area contributed by atoms with Crippen molar-refractivity contribution in [2.75, 3.05) is 52.5 Å². The number of nitrogens with zero attached hydrogens (tertiary/aromatic N) is 1. The quantitative estimate of drug-likeness (QED) is 0.645. The van der Waals surface area contributed by atoms with Crippen LogP contribution in [0, 0.1) is 5.92 Å². The van der Waals surface area contributed by atoms with Crippen LogP contribution in [-0.4, -0.2) is 63.5 Å². The van der Waals surface area contributed by atoms with Crippen molar-refractivity contribution in [3.8, 4) is 5.75 Å². The average Bonchev–Trinajstić information content (AvgIpc) is 2.78. The minimum atomic E-state index is -0.0836. The van der Waals surface area contributed by atoms with Crippen LogP contribution in [0.25, 0.3) is 0 Å². The Kier molecular flexibility index (Phi) is 8.82. The van der Waals surface area contributed by atoms with E-state index in [0.717, 1.165) is 38.3 Å². The van der Waals surface area contributed by atoms with Gasteiger partial charge in [-0.15, -0.1) is 0 Å².